The highest BCUT2D eigenvalue weighted by Crippen LogP contribution is 2.48. The Labute approximate surface area is 363 Å². The molecule has 2 heterocycles. The number of hydrogen-bond donors (Lipinski definition) is 0. The van der Waals surface area contributed by atoms with E-state index in [4.69, 9.17) is 4.42 Å². The van der Waals surface area contributed by atoms with Crippen LogP contribution in [0.5, 0.6) is 0 Å². The molecule has 0 unspecified atom stereocenters. The van der Waals surface area contributed by atoms with E-state index in [9.17, 15) is 0 Å². The lowest BCUT2D eigenvalue weighted by Gasteiger charge is -2.27. The maximum absolute atomic E-state index is 6.94. The summed E-state index contributed by atoms with van der Waals surface area (Å²) in [7, 11) is 0. The van der Waals surface area contributed by atoms with Gasteiger partial charge in [0, 0.05) is 44.3 Å². The molecule has 0 N–H and O–H groups in total. The van der Waals surface area contributed by atoms with Crippen molar-refractivity contribution in [2.45, 2.75) is 0 Å². The van der Waals surface area contributed by atoms with Gasteiger partial charge in [0.05, 0.1) is 22.1 Å². The van der Waals surface area contributed by atoms with Crippen LogP contribution >= 0.6 is 0 Å². The Balaban J connectivity index is 1.06. The number of rotatable bonds is 6. The van der Waals surface area contributed by atoms with Crippen LogP contribution in [0.2, 0.25) is 0 Å². The fourth-order valence-electron chi connectivity index (χ4n) is 10.1. The SMILES string of the molecule is c1ccc(-n2c3ccccc3c3cccc(-c4ccc(N(c5ccc6ccc7ccccc7c6c5)c5ccc(-c6cccc7ccccc67)c6oc7ccccc7c56)cc4)c32)cc1. The second-order valence-corrected chi connectivity index (χ2v) is 16.4. The molecule has 0 aliphatic rings. The van der Waals surface area contributed by atoms with Crippen molar-refractivity contribution < 1.29 is 4.42 Å². The molecule has 63 heavy (non-hydrogen) atoms. The Morgan fingerprint density at radius 3 is 1.81 bits per heavy atom. The molecule has 3 heteroatoms. The molecule has 13 aromatic rings. The Morgan fingerprint density at radius 1 is 0.365 bits per heavy atom. The van der Waals surface area contributed by atoms with Crippen LogP contribution in [0.1, 0.15) is 0 Å². The molecule has 0 saturated carbocycles. The molecule has 0 radical (unpaired) electrons. The molecule has 0 amide bonds. The van der Waals surface area contributed by atoms with E-state index < -0.39 is 0 Å². The van der Waals surface area contributed by atoms with Gasteiger partial charge in [0.2, 0.25) is 0 Å². The first-order valence-electron chi connectivity index (χ1n) is 21.6. The van der Waals surface area contributed by atoms with Crippen molar-refractivity contribution in [1.82, 2.24) is 4.57 Å². The van der Waals surface area contributed by atoms with Crippen molar-refractivity contribution in [1.29, 1.82) is 0 Å². The predicted molar refractivity (Wildman–Crippen MR) is 266 cm³/mol. The molecule has 0 spiro atoms. The van der Waals surface area contributed by atoms with Gasteiger partial charge in [-0.25, -0.2) is 0 Å². The smallest absolute Gasteiger partial charge is 0.145 e. The third kappa shape index (κ3) is 5.53. The van der Waals surface area contributed by atoms with E-state index in [1.807, 2.05) is 0 Å². The number of fused-ring (bicyclic) bond motifs is 10. The zero-order valence-electron chi connectivity index (χ0n) is 34.2. The van der Waals surface area contributed by atoms with Gasteiger partial charge in [0.25, 0.3) is 0 Å². The van der Waals surface area contributed by atoms with E-state index >= 15 is 0 Å². The number of furan rings is 1. The van der Waals surface area contributed by atoms with Crippen LogP contribution in [-0.2, 0) is 0 Å². The molecule has 0 aliphatic carbocycles. The van der Waals surface area contributed by atoms with Crippen molar-refractivity contribution in [2.24, 2.45) is 0 Å². The number of para-hydroxylation sites is 4. The molecule has 294 valence electrons. The number of benzene rings is 11. The second-order valence-electron chi connectivity index (χ2n) is 16.4. The summed E-state index contributed by atoms with van der Waals surface area (Å²) in [4.78, 5) is 2.42. The summed E-state index contributed by atoms with van der Waals surface area (Å²) in [5, 5.41) is 11.9. The summed E-state index contributed by atoms with van der Waals surface area (Å²) in [5.41, 5.74) is 13.0. The fourth-order valence-corrected chi connectivity index (χ4v) is 10.1. The topological polar surface area (TPSA) is 21.3 Å². The van der Waals surface area contributed by atoms with Gasteiger partial charge in [-0.2, -0.15) is 0 Å². The lowest BCUT2D eigenvalue weighted by molar-refractivity contribution is 0.670. The molecule has 0 fully saturated rings. The second kappa shape index (κ2) is 14.1. The van der Waals surface area contributed by atoms with Crippen LogP contribution in [0.15, 0.2) is 235 Å². The van der Waals surface area contributed by atoms with E-state index in [-0.39, 0.29) is 0 Å². The first-order valence-corrected chi connectivity index (χ1v) is 21.6. The average Bonchev–Trinajstić information content (AvgIpc) is 3.91. The third-order valence-electron chi connectivity index (χ3n) is 13.0. The highest BCUT2D eigenvalue weighted by atomic mass is 16.3. The molecule has 13 rings (SSSR count). The summed E-state index contributed by atoms with van der Waals surface area (Å²) in [6.07, 6.45) is 0. The zero-order valence-corrected chi connectivity index (χ0v) is 34.2. The van der Waals surface area contributed by atoms with Crippen LogP contribution in [0.4, 0.5) is 17.1 Å². The lowest BCUT2D eigenvalue weighted by atomic mass is 9.95. The monoisotopic (exact) mass is 802 g/mol. The van der Waals surface area contributed by atoms with Gasteiger partial charge in [-0.05, 0) is 104 Å². The molecule has 0 bridgehead atoms. The summed E-state index contributed by atoms with van der Waals surface area (Å²) in [5.74, 6) is 0. The first-order chi connectivity index (χ1) is 31.3. The molecule has 0 atom stereocenters. The molecule has 0 aliphatic heterocycles. The van der Waals surface area contributed by atoms with Crippen molar-refractivity contribution in [3.63, 3.8) is 0 Å². The quantitative estimate of drug-likeness (QED) is 0.156. The largest absolute Gasteiger partial charge is 0.455 e. The Hall–Kier alpha value is -8.40. The number of hydrogen-bond acceptors (Lipinski definition) is 2. The number of nitrogens with zero attached hydrogens (tertiary/aromatic N) is 2. The van der Waals surface area contributed by atoms with Gasteiger partial charge in [-0.3, -0.25) is 0 Å². The van der Waals surface area contributed by atoms with E-state index in [1.54, 1.807) is 0 Å². The van der Waals surface area contributed by atoms with Gasteiger partial charge in [-0.15, -0.1) is 0 Å². The van der Waals surface area contributed by atoms with E-state index in [2.05, 4.69) is 240 Å². The Kier molecular flexibility index (Phi) is 7.91. The normalized spacial score (nSPS) is 11.8. The standard InChI is InChI=1S/C60H38N2O/c1-2-17-43(18-3-1)62-55-26-10-8-21-50(55)51-25-13-23-48(59(51)62)41-30-33-44(34-31-41)61(45-35-32-42-29-28-40-15-5-7-20-47(40)54(42)38-45)56-37-36-52(49-24-12-16-39-14-4-6-19-46(39)49)60-58(56)53-22-9-11-27-57(53)63-60/h1-38H. The third-order valence-corrected chi connectivity index (χ3v) is 13.0. The molecule has 11 aromatic carbocycles. The molecule has 0 saturated heterocycles. The van der Waals surface area contributed by atoms with Crippen LogP contribution in [0.3, 0.4) is 0 Å². The maximum atomic E-state index is 6.94. The molecule has 3 nitrogen and oxygen atoms in total. The van der Waals surface area contributed by atoms with Gasteiger partial charge in [0.15, 0.2) is 0 Å². The average molecular weight is 803 g/mol. The van der Waals surface area contributed by atoms with E-state index in [0.29, 0.717) is 0 Å². The summed E-state index contributed by atoms with van der Waals surface area (Å²) >= 11 is 0. The first kappa shape index (κ1) is 35.4. The van der Waals surface area contributed by atoms with Crippen molar-refractivity contribution in [2.75, 3.05) is 4.90 Å². The summed E-state index contributed by atoms with van der Waals surface area (Å²) in [6.45, 7) is 0. The molecular formula is C60H38N2O. The number of aromatic nitrogens is 1. The Morgan fingerprint density at radius 2 is 0.968 bits per heavy atom. The van der Waals surface area contributed by atoms with Crippen molar-refractivity contribution in [3.05, 3.63) is 231 Å². The van der Waals surface area contributed by atoms with Crippen molar-refractivity contribution >= 4 is 93.1 Å². The molecule has 2 aromatic heterocycles. The van der Waals surface area contributed by atoms with E-state index in [1.165, 1.54) is 59.7 Å². The molecular weight excluding hydrogens is 765 g/mol. The minimum atomic E-state index is 0.864. The summed E-state index contributed by atoms with van der Waals surface area (Å²) in [6, 6.07) is 83.4. The van der Waals surface area contributed by atoms with Crippen LogP contribution in [0.25, 0.3) is 104 Å². The Bertz CT molecular complexity index is 3910. The van der Waals surface area contributed by atoms with Gasteiger partial charge >= 0.3 is 0 Å². The highest BCUT2D eigenvalue weighted by Gasteiger charge is 2.24. The summed E-state index contributed by atoms with van der Waals surface area (Å²) < 4.78 is 9.35. The highest BCUT2D eigenvalue weighted by molar-refractivity contribution is 6.19. The van der Waals surface area contributed by atoms with Crippen molar-refractivity contribution in [3.8, 4) is 27.9 Å². The van der Waals surface area contributed by atoms with Gasteiger partial charge < -0.3 is 13.9 Å². The maximum Gasteiger partial charge on any atom is 0.145 e. The number of anilines is 3. The minimum Gasteiger partial charge on any atom is -0.455 e. The van der Waals surface area contributed by atoms with Crippen LogP contribution < -0.4 is 4.90 Å². The predicted octanol–water partition coefficient (Wildman–Crippen LogP) is 16.9. The van der Waals surface area contributed by atoms with E-state index in [0.717, 1.165) is 61.4 Å². The lowest BCUT2D eigenvalue weighted by Crippen LogP contribution is -2.10. The van der Waals surface area contributed by atoms with Gasteiger partial charge in [0.1, 0.15) is 11.2 Å². The fraction of sp³-hybridized carbons (Fsp3) is 0. The van der Waals surface area contributed by atoms with Crippen LogP contribution in [-0.4, -0.2) is 4.57 Å². The van der Waals surface area contributed by atoms with Crippen LogP contribution in [0, 0.1) is 0 Å². The minimum absolute atomic E-state index is 0.864. The van der Waals surface area contributed by atoms with Gasteiger partial charge in [-0.1, -0.05) is 170 Å². The zero-order chi connectivity index (χ0) is 41.4.